The number of aromatic nitrogens is 1. The van der Waals surface area contributed by atoms with Crippen LogP contribution in [0.3, 0.4) is 0 Å². The molecule has 0 saturated heterocycles. The summed E-state index contributed by atoms with van der Waals surface area (Å²) in [5.41, 5.74) is 4.78. The van der Waals surface area contributed by atoms with Crippen molar-refractivity contribution in [3.05, 3.63) is 98.2 Å². The Morgan fingerprint density at radius 1 is 1.07 bits per heavy atom. The lowest BCUT2D eigenvalue weighted by molar-refractivity contribution is 0.102. The zero-order valence-electron chi connectivity index (χ0n) is 17.2. The average molecular weight is 392 g/mol. The number of anilines is 1. The van der Waals surface area contributed by atoms with Gasteiger partial charge in [0.2, 0.25) is 0 Å². The second-order valence-corrected chi connectivity index (χ2v) is 7.24. The molecule has 3 rings (SSSR count). The number of benzene rings is 2. The molecular weight excluding hydrogens is 367 g/mol. The van der Waals surface area contributed by atoms with Crippen LogP contribution >= 0.6 is 0 Å². The molecule has 0 unspecified atom stereocenters. The van der Waals surface area contributed by atoms with Gasteiger partial charge in [-0.15, -0.1) is 0 Å². The summed E-state index contributed by atoms with van der Waals surface area (Å²) in [4.78, 5) is 25.7. The highest BCUT2D eigenvalue weighted by molar-refractivity contribution is 6.05. The number of pyridine rings is 1. The lowest BCUT2D eigenvalue weighted by Gasteiger charge is -2.19. The van der Waals surface area contributed by atoms with E-state index in [4.69, 9.17) is 0 Å². The van der Waals surface area contributed by atoms with Crippen molar-refractivity contribution in [3.63, 3.8) is 0 Å². The van der Waals surface area contributed by atoms with Crippen molar-refractivity contribution in [3.8, 4) is 0 Å². The van der Waals surface area contributed by atoms with Crippen molar-refractivity contribution in [2.45, 2.75) is 40.7 Å². The molecule has 1 heterocycles. The first kappa shape index (κ1) is 20.5. The van der Waals surface area contributed by atoms with Crippen LogP contribution in [0, 0.1) is 26.6 Å². The Kier molecular flexibility index (Phi) is 5.97. The van der Waals surface area contributed by atoms with Gasteiger partial charge in [-0.25, -0.2) is 4.39 Å². The smallest absolute Gasteiger partial charge is 0.261 e. The molecule has 0 aliphatic rings. The van der Waals surface area contributed by atoms with Crippen molar-refractivity contribution in [1.82, 2.24) is 4.57 Å². The van der Waals surface area contributed by atoms with Crippen molar-refractivity contribution in [1.29, 1.82) is 0 Å². The molecule has 0 aliphatic carbocycles. The van der Waals surface area contributed by atoms with Gasteiger partial charge in [0, 0.05) is 29.7 Å². The predicted molar refractivity (Wildman–Crippen MR) is 114 cm³/mol. The van der Waals surface area contributed by atoms with E-state index in [9.17, 15) is 14.0 Å². The number of aryl methyl sites for hydroxylation is 3. The van der Waals surface area contributed by atoms with E-state index in [2.05, 4.69) is 5.32 Å². The van der Waals surface area contributed by atoms with E-state index >= 15 is 0 Å². The van der Waals surface area contributed by atoms with Crippen molar-refractivity contribution in [2.24, 2.45) is 0 Å². The quantitative estimate of drug-likeness (QED) is 0.680. The number of carbonyl (C=O) groups excluding carboxylic acids is 1. The van der Waals surface area contributed by atoms with Crippen LogP contribution in [0.25, 0.3) is 0 Å². The van der Waals surface area contributed by atoms with E-state index < -0.39 is 5.91 Å². The molecule has 0 atom stereocenters. The maximum absolute atomic E-state index is 13.2. The molecule has 0 bridgehead atoms. The van der Waals surface area contributed by atoms with E-state index in [1.165, 1.54) is 18.2 Å². The summed E-state index contributed by atoms with van der Waals surface area (Å²) < 4.78 is 15.1. The molecule has 3 aromatic rings. The fourth-order valence-electron chi connectivity index (χ4n) is 3.59. The number of halogens is 1. The number of para-hydroxylation sites is 1. The van der Waals surface area contributed by atoms with Gasteiger partial charge in [-0.2, -0.15) is 0 Å². The first-order chi connectivity index (χ1) is 13.8. The van der Waals surface area contributed by atoms with E-state index in [-0.39, 0.29) is 16.8 Å². The third-order valence-electron chi connectivity index (χ3n) is 5.24. The number of nitrogens with zero attached hydrogens (tertiary/aromatic N) is 1. The van der Waals surface area contributed by atoms with Crippen LogP contribution in [0.2, 0.25) is 0 Å². The molecule has 2 aromatic carbocycles. The molecule has 0 fully saturated rings. The Balaban J connectivity index is 2.00. The number of rotatable bonds is 5. The molecule has 0 spiro atoms. The van der Waals surface area contributed by atoms with Crippen LogP contribution < -0.4 is 10.7 Å². The van der Waals surface area contributed by atoms with Gasteiger partial charge in [0.15, 0.2) is 5.43 Å². The summed E-state index contributed by atoms with van der Waals surface area (Å²) in [6, 6.07) is 13.5. The molecular formula is C24H25FN2O2. The summed E-state index contributed by atoms with van der Waals surface area (Å²) in [7, 11) is 0. The van der Waals surface area contributed by atoms with Gasteiger partial charge in [-0.3, -0.25) is 9.59 Å². The minimum absolute atomic E-state index is 0.128. The molecule has 1 N–H and O–H groups in total. The van der Waals surface area contributed by atoms with Gasteiger partial charge in [0.05, 0.1) is 0 Å². The number of carbonyl (C=O) groups is 1. The van der Waals surface area contributed by atoms with Gasteiger partial charge >= 0.3 is 0 Å². The standard InChI is InChI=1S/C24H25FN2O2/c1-5-19-8-6-7-15(2)23(19)26-24(29)22-17(4)27(16(3)13-21(22)28)14-18-9-11-20(25)12-10-18/h6-13H,5,14H2,1-4H3,(H,26,29). The van der Waals surface area contributed by atoms with E-state index in [1.54, 1.807) is 19.1 Å². The van der Waals surface area contributed by atoms with Crippen molar-refractivity contribution in [2.75, 3.05) is 5.32 Å². The first-order valence-corrected chi connectivity index (χ1v) is 9.67. The Labute approximate surface area is 170 Å². The summed E-state index contributed by atoms with van der Waals surface area (Å²) in [6.07, 6.45) is 0.777. The fourth-order valence-corrected chi connectivity index (χ4v) is 3.59. The van der Waals surface area contributed by atoms with Crippen LogP contribution in [-0.2, 0) is 13.0 Å². The van der Waals surface area contributed by atoms with Gasteiger partial charge in [-0.05, 0) is 56.0 Å². The fraction of sp³-hybridized carbons (Fsp3) is 0.250. The Bertz CT molecular complexity index is 1110. The molecule has 5 heteroatoms. The third-order valence-corrected chi connectivity index (χ3v) is 5.24. The average Bonchev–Trinajstić information content (AvgIpc) is 2.68. The summed E-state index contributed by atoms with van der Waals surface area (Å²) in [5, 5.41) is 2.94. The number of hydrogen-bond donors (Lipinski definition) is 1. The first-order valence-electron chi connectivity index (χ1n) is 9.67. The Morgan fingerprint density at radius 3 is 2.41 bits per heavy atom. The minimum atomic E-state index is -0.413. The largest absolute Gasteiger partial charge is 0.344 e. The lowest BCUT2D eigenvalue weighted by Crippen LogP contribution is -2.27. The molecule has 1 amide bonds. The molecule has 4 nitrogen and oxygen atoms in total. The minimum Gasteiger partial charge on any atom is -0.344 e. The molecule has 0 saturated carbocycles. The zero-order chi connectivity index (χ0) is 21.1. The van der Waals surface area contributed by atoms with E-state index in [0.29, 0.717) is 12.2 Å². The van der Waals surface area contributed by atoms with Crippen LogP contribution in [0.1, 0.15) is 45.4 Å². The summed E-state index contributed by atoms with van der Waals surface area (Å²) >= 11 is 0. The Hall–Kier alpha value is -3.21. The van der Waals surface area contributed by atoms with Gasteiger partial charge in [-0.1, -0.05) is 37.3 Å². The van der Waals surface area contributed by atoms with Crippen LogP contribution in [-0.4, -0.2) is 10.5 Å². The van der Waals surface area contributed by atoms with Crippen LogP contribution in [0.4, 0.5) is 10.1 Å². The predicted octanol–water partition coefficient (Wildman–Crippen LogP) is 4.78. The van der Waals surface area contributed by atoms with Crippen molar-refractivity contribution >= 4 is 11.6 Å². The normalized spacial score (nSPS) is 10.8. The molecule has 29 heavy (non-hydrogen) atoms. The molecule has 150 valence electrons. The topological polar surface area (TPSA) is 51.1 Å². The number of hydrogen-bond acceptors (Lipinski definition) is 2. The molecule has 0 aliphatic heterocycles. The van der Waals surface area contributed by atoms with Gasteiger partial charge in [0.1, 0.15) is 11.4 Å². The molecule has 0 radical (unpaired) electrons. The van der Waals surface area contributed by atoms with E-state index in [1.807, 2.05) is 43.5 Å². The van der Waals surface area contributed by atoms with Gasteiger partial charge < -0.3 is 9.88 Å². The monoisotopic (exact) mass is 392 g/mol. The summed E-state index contributed by atoms with van der Waals surface area (Å²) in [6.45, 7) is 8.01. The Morgan fingerprint density at radius 2 is 1.76 bits per heavy atom. The van der Waals surface area contributed by atoms with Crippen LogP contribution in [0.5, 0.6) is 0 Å². The van der Waals surface area contributed by atoms with Crippen molar-refractivity contribution < 1.29 is 9.18 Å². The highest BCUT2D eigenvalue weighted by Gasteiger charge is 2.19. The van der Waals surface area contributed by atoms with E-state index in [0.717, 1.165) is 34.5 Å². The highest BCUT2D eigenvalue weighted by atomic mass is 19.1. The highest BCUT2D eigenvalue weighted by Crippen LogP contribution is 2.22. The SMILES string of the molecule is CCc1cccc(C)c1NC(=O)c1c(C)n(Cc2ccc(F)cc2)c(C)cc1=O. The summed E-state index contributed by atoms with van der Waals surface area (Å²) in [5.74, 6) is -0.712. The van der Waals surface area contributed by atoms with Gasteiger partial charge in [0.25, 0.3) is 5.91 Å². The lowest BCUT2D eigenvalue weighted by atomic mass is 10.0. The number of nitrogens with one attached hydrogen (secondary N) is 1. The maximum atomic E-state index is 13.2. The maximum Gasteiger partial charge on any atom is 0.261 e. The number of amides is 1. The zero-order valence-corrected chi connectivity index (χ0v) is 17.2. The molecule has 1 aromatic heterocycles. The van der Waals surface area contributed by atoms with Crippen LogP contribution in [0.15, 0.2) is 53.3 Å². The second-order valence-electron chi connectivity index (χ2n) is 7.24. The second kappa shape index (κ2) is 8.43. The third kappa shape index (κ3) is 4.29.